The Kier molecular flexibility index (Phi) is 3.34. The lowest BCUT2D eigenvalue weighted by molar-refractivity contribution is 1.26. The normalized spacial score (nSPS) is 9.64. The Morgan fingerprint density at radius 1 is 1.45 bits per heavy atom. The van der Waals surface area contributed by atoms with Gasteiger partial charge in [-0.15, -0.1) is 6.58 Å². The van der Waals surface area contributed by atoms with E-state index in [2.05, 4.69) is 44.5 Å². The molecule has 0 aliphatic heterocycles. The molecular formula is C9H7Br2. The number of hydrogen-bond donors (Lipinski definition) is 0. The van der Waals surface area contributed by atoms with Crippen LogP contribution in [0.3, 0.4) is 0 Å². The van der Waals surface area contributed by atoms with Crippen molar-refractivity contribution >= 4 is 31.9 Å². The topological polar surface area (TPSA) is 0 Å². The average Bonchev–Trinajstić information content (AvgIpc) is 1.85. The van der Waals surface area contributed by atoms with E-state index < -0.39 is 0 Å². The highest BCUT2D eigenvalue weighted by atomic mass is 79.9. The van der Waals surface area contributed by atoms with Gasteiger partial charge in [-0.1, -0.05) is 37.9 Å². The Morgan fingerprint density at radius 2 is 2.18 bits per heavy atom. The smallest absolute Gasteiger partial charge is 0.0268 e. The minimum Gasteiger partial charge on any atom is -0.103 e. The van der Waals surface area contributed by atoms with Gasteiger partial charge in [-0.05, 0) is 24.1 Å². The van der Waals surface area contributed by atoms with Crippen LogP contribution in [0.25, 0.3) is 0 Å². The Labute approximate surface area is 83.6 Å². The van der Waals surface area contributed by atoms with Crippen LogP contribution in [0.1, 0.15) is 5.56 Å². The van der Waals surface area contributed by atoms with Crippen LogP contribution in [0.5, 0.6) is 0 Å². The van der Waals surface area contributed by atoms with Gasteiger partial charge in [0.15, 0.2) is 0 Å². The van der Waals surface area contributed by atoms with Crippen molar-refractivity contribution in [3.05, 3.63) is 45.4 Å². The first kappa shape index (κ1) is 9.01. The van der Waals surface area contributed by atoms with Crippen LogP contribution >= 0.6 is 31.9 Å². The largest absolute Gasteiger partial charge is 0.103 e. The van der Waals surface area contributed by atoms with E-state index in [1.807, 2.05) is 18.2 Å². The van der Waals surface area contributed by atoms with Gasteiger partial charge in [0.05, 0.1) is 0 Å². The molecular weight excluding hydrogens is 268 g/mol. The molecule has 1 aromatic rings. The van der Waals surface area contributed by atoms with Gasteiger partial charge in [-0.3, -0.25) is 0 Å². The summed E-state index contributed by atoms with van der Waals surface area (Å²) in [4.78, 5) is 0. The second-order valence-corrected chi connectivity index (χ2v) is 3.93. The van der Waals surface area contributed by atoms with Crippen molar-refractivity contribution in [3.8, 4) is 0 Å². The van der Waals surface area contributed by atoms with Crippen LogP contribution in [0.4, 0.5) is 0 Å². The fourth-order valence-electron chi connectivity index (χ4n) is 0.820. The first-order valence-corrected chi connectivity index (χ1v) is 4.79. The van der Waals surface area contributed by atoms with Crippen LogP contribution in [0, 0.1) is 6.07 Å². The summed E-state index contributed by atoms with van der Waals surface area (Å²) in [5, 5.41) is 0. The second kappa shape index (κ2) is 4.07. The van der Waals surface area contributed by atoms with Gasteiger partial charge < -0.3 is 0 Å². The van der Waals surface area contributed by atoms with Gasteiger partial charge in [-0.2, -0.15) is 0 Å². The Bertz CT molecular complexity index is 246. The third-order valence-corrected chi connectivity index (χ3v) is 2.11. The first-order chi connectivity index (χ1) is 5.22. The maximum atomic E-state index is 3.66. The summed E-state index contributed by atoms with van der Waals surface area (Å²) in [5.41, 5.74) is 1.14. The number of rotatable bonds is 2. The fourth-order valence-corrected chi connectivity index (χ4v) is 2.13. The number of benzene rings is 1. The van der Waals surface area contributed by atoms with E-state index in [1.165, 1.54) is 0 Å². The van der Waals surface area contributed by atoms with Crippen LogP contribution in [0.2, 0.25) is 0 Å². The summed E-state index contributed by atoms with van der Waals surface area (Å²) in [6, 6.07) is 7.16. The molecule has 0 bridgehead atoms. The highest BCUT2D eigenvalue weighted by molar-refractivity contribution is 9.11. The number of halogens is 2. The van der Waals surface area contributed by atoms with Gasteiger partial charge in [0, 0.05) is 15.0 Å². The summed E-state index contributed by atoms with van der Waals surface area (Å²) < 4.78 is 2.05. The van der Waals surface area contributed by atoms with Crippen LogP contribution < -0.4 is 0 Å². The van der Waals surface area contributed by atoms with Crippen molar-refractivity contribution in [1.29, 1.82) is 0 Å². The molecule has 0 aliphatic carbocycles. The van der Waals surface area contributed by atoms with E-state index in [0.29, 0.717) is 0 Å². The summed E-state index contributed by atoms with van der Waals surface area (Å²) in [6.07, 6.45) is 2.72. The lowest BCUT2D eigenvalue weighted by atomic mass is 10.2. The molecule has 0 nitrogen and oxygen atoms in total. The third-order valence-electron chi connectivity index (χ3n) is 1.22. The zero-order chi connectivity index (χ0) is 8.27. The highest BCUT2D eigenvalue weighted by Crippen LogP contribution is 2.19. The molecule has 0 N–H and O–H groups in total. The van der Waals surface area contributed by atoms with Gasteiger partial charge in [0.2, 0.25) is 0 Å². The zero-order valence-electron chi connectivity index (χ0n) is 5.90. The fraction of sp³-hybridized carbons (Fsp3) is 0.111. The van der Waals surface area contributed by atoms with E-state index in [0.717, 1.165) is 20.9 Å². The highest BCUT2D eigenvalue weighted by Gasteiger charge is 1.95. The van der Waals surface area contributed by atoms with Crippen molar-refractivity contribution < 1.29 is 0 Å². The van der Waals surface area contributed by atoms with Gasteiger partial charge in [0.1, 0.15) is 0 Å². The van der Waals surface area contributed by atoms with Gasteiger partial charge >= 0.3 is 0 Å². The predicted molar refractivity (Wildman–Crippen MR) is 54.6 cm³/mol. The Hall–Kier alpha value is -0.0800. The van der Waals surface area contributed by atoms with Gasteiger partial charge in [0.25, 0.3) is 0 Å². The SMILES string of the molecule is C=CCc1[c]c(Br)cc(Br)c1. The molecule has 0 aliphatic rings. The summed E-state index contributed by atoms with van der Waals surface area (Å²) >= 11 is 6.76. The Balaban J connectivity index is 2.98. The third kappa shape index (κ3) is 2.80. The predicted octanol–water partition coefficient (Wildman–Crippen LogP) is 3.74. The maximum Gasteiger partial charge on any atom is 0.0268 e. The molecule has 57 valence electrons. The molecule has 0 saturated heterocycles. The van der Waals surface area contributed by atoms with Crippen LogP contribution in [-0.4, -0.2) is 0 Å². The molecule has 1 aromatic carbocycles. The molecule has 11 heavy (non-hydrogen) atoms. The summed E-state index contributed by atoms with van der Waals surface area (Å²) in [7, 11) is 0. The van der Waals surface area contributed by atoms with Crippen LogP contribution in [-0.2, 0) is 6.42 Å². The molecule has 0 heterocycles. The van der Waals surface area contributed by atoms with E-state index >= 15 is 0 Å². The van der Waals surface area contributed by atoms with E-state index in [9.17, 15) is 0 Å². The average molecular weight is 275 g/mol. The molecule has 2 heteroatoms. The van der Waals surface area contributed by atoms with E-state index in [4.69, 9.17) is 0 Å². The van der Waals surface area contributed by atoms with E-state index in [-0.39, 0.29) is 0 Å². The van der Waals surface area contributed by atoms with Crippen molar-refractivity contribution in [2.24, 2.45) is 0 Å². The monoisotopic (exact) mass is 273 g/mol. The summed E-state index contributed by atoms with van der Waals surface area (Å²) in [5.74, 6) is 0. The lowest BCUT2D eigenvalue weighted by Crippen LogP contribution is -1.81. The maximum absolute atomic E-state index is 3.66. The molecule has 0 atom stereocenters. The second-order valence-electron chi connectivity index (χ2n) is 2.16. The molecule has 0 saturated carbocycles. The lowest BCUT2D eigenvalue weighted by Gasteiger charge is -1.97. The van der Waals surface area contributed by atoms with Gasteiger partial charge in [-0.25, -0.2) is 0 Å². The molecule has 0 unspecified atom stereocenters. The van der Waals surface area contributed by atoms with Crippen molar-refractivity contribution in [2.75, 3.05) is 0 Å². The first-order valence-electron chi connectivity index (χ1n) is 3.20. The van der Waals surface area contributed by atoms with Crippen molar-refractivity contribution in [2.45, 2.75) is 6.42 Å². The van der Waals surface area contributed by atoms with E-state index in [1.54, 1.807) is 0 Å². The number of allylic oxidation sites excluding steroid dienone is 1. The number of hydrogen-bond acceptors (Lipinski definition) is 0. The molecule has 1 radical (unpaired) electrons. The Morgan fingerprint density at radius 3 is 2.73 bits per heavy atom. The van der Waals surface area contributed by atoms with Crippen molar-refractivity contribution in [1.82, 2.24) is 0 Å². The molecule has 0 aromatic heterocycles. The molecule has 0 spiro atoms. The minimum absolute atomic E-state index is 0.859. The molecule has 0 fully saturated rings. The zero-order valence-corrected chi connectivity index (χ0v) is 9.07. The standard InChI is InChI=1S/C9H7Br2/c1-2-3-7-4-8(10)6-9(11)5-7/h2,4,6H,1,3H2. The molecule has 1 rings (SSSR count). The summed E-state index contributed by atoms with van der Waals surface area (Å²) in [6.45, 7) is 3.66. The minimum atomic E-state index is 0.859. The molecule has 0 amide bonds. The van der Waals surface area contributed by atoms with Crippen molar-refractivity contribution in [3.63, 3.8) is 0 Å². The van der Waals surface area contributed by atoms with Crippen LogP contribution in [0.15, 0.2) is 33.7 Å². The quantitative estimate of drug-likeness (QED) is 0.721.